The van der Waals surface area contributed by atoms with Gasteiger partial charge in [0.15, 0.2) is 0 Å². The van der Waals surface area contributed by atoms with Gasteiger partial charge in [-0.05, 0) is 0 Å². The van der Waals surface area contributed by atoms with Crippen molar-refractivity contribution >= 4 is 273 Å². The number of hydrogen-bond donors (Lipinski definition) is 12. The molecule has 0 aromatic carbocycles. The van der Waals surface area contributed by atoms with E-state index in [-0.39, 0.29) is 261 Å². The number of rotatable bonds is 24. The zero-order valence-electron chi connectivity index (χ0n) is 43.8. The molecule has 0 aliphatic rings. The van der Waals surface area contributed by atoms with Crippen molar-refractivity contribution in [1.82, 2.24) is 0 Å². The van der Waals surface area contributed by atoms with Crippen molar-refractivity contribution in [1.29, 1.82) is 0 Å². The van der Waals surface area contributed by atoms with Gasteiger partial charge in [0.25, 0.3) is 121 Å². The third kappa shape index (κ3) is 277. The molecule has 0 heterocycles. The topological polar surface area (TPSA) is 652 Å². The van der Waals surface area contributed by atoms with Crippen LogP contribution in [-0.2, 0) is 395 Å². The van der Waals surface area contributed by atoms with Crippen LogP contribution in [0.25, 0.3) is 0 Å². The Balaban J connectivity index is -0.0000000390. The maximum atomic E-state index is 9.72. The van der Waals surface area contributed by atoms with Gasteiger partial charge in [0.05, 0.1) is 69.0 Å². The van der Waals surface area contributed by atoms with Gasteiger partial charge in [-0.1, -0.05) is 0 Å². The third-order valence-corrected chi connectivity index (χ3v) is 18.3. The van der Waals surface area contributed by atoms with E-state index in [2.05, 4.69) is 152 Å². The monoisotopic (exact) mass is 2330 g/mol. The Morgan fingerprint density at radius 3 is 0.167 bits per heavy atom. The minimum absolute atomic E-state index is 0. The fourth-order valence-corrected chi connectivity index (χ4v) is 11.4. The van der Waals surface area contributed by atoms with E-state index in [4.69, 9.17) is 54.6 Å². The van der Waals surface area contributed by atoms with Gasteiger partial charge in [-0.2, -0.15) is 170 Å². The molecule has 0 saturated carbocycles. The van der Waals surface area contributed by atoms with Crippen LogP contribution in [-0.4, -0.2) is 294 Å². The molecular weight excluding hydrogens is 2270 g/mol. The molecule has 0 atom stereocenters. The van der Waals surface area contributed by atoms with Crippen LogP contribution in [0.4, 0.5) is 0 Å². The molecule has 0 aliphatic heterocycles. The van der Waals surface area contributed by atoms with Gasteiger partial charge in [-0.15, -0.1) is 0 Å². The summed E-state index contributed by atoms with van der Waals surface area (Å²) in [6.07, 6.45) is 0. The average molecular weight is 2330 g/mol. The van der Waals surface area contributed by atoms with Crippen LogP contribution >= 0.6 is 0 Å². The fraction of sp³-hybridized carbons (Fsp3) is 1.00. The Morgan fingerprint density at radius 1 is 0.133 bits per heavy atom. The minimum atomic E-state index is -3.78. The van der Waals surface area contributed by atoms with Crippen LogP contribution in [0.3, 0.4) is 0 Å². The molecule has 12 N–H and O–H groups in total. The summed E-state index contributed by atoms with van der Waals surface area (Å²) in [5, 5.41) is 0. The Kier molecular flexibility index (Phi) is 130. The van der Waals surface area contributed by atoms with E-state index in [1.54, 1.807) is 0 Å². The van der Waals surface area contributed by atoms with Crippen molar-refractivity contribution in [3.63, 3.8) is 0 Å². The van der Waals surface area contributed by atoms with Gasteiger partial charge in [0, 0.05) is 0 Å². The summed E-state index contributed by atoms with van der Waals surface area (Å²) in [6, 6.07) is 0. The van der Waals surface area contributed by atoms with E-state index in [0.29, 0.717) is 0 Å². The minimum Gasteiger partial charge on any atom is -0.792 e. The third-order valence-electron chi connectivity index (χ3n) is 4.10. The van der Waals surface area contributed by atoms with Crippen molar-refractivity contribution in [2.75, 3.05) is 138 Å². The molecule has 0 aliphatic carbocycles. The average Bonchev–Trinajstić information content (AvgIpc) is 3.15. The van der Waals surface area contributed by atoms with Crippen LogP contribution in [0.2, 0.25) is 0 Å². The molecule has 0 fully saturated rings. The van der Waals surface area contributed by atoms with Crippen molar-refractivity contribution < 1.29 is 278 Å². The molecule has 0 rings (SSSR count). The maximum Gasteiger partial charge on any atom is 2.00 e. The second-order valence-corrected chi connectivity index (χ2v) is 35.6. The molecular formula is C24H60O36Pd6S24. The van der Waals surface area contributed by atoms with E-state index in [9.17, 15) is 101 Å². The van der Waals surface area contributed by atoms with Gasteiger partial charge in [0.2, 0.25) is 0 Å². The summed E-state index contributed by atoms with van der Waals surface area (Å²) in [6.45, 7) is 0. The van der Waals surface area contributed by atoms with Crippen LogP contribution in [0, 0.1) is 0 Å². The van der Waals surface area contributed by atoms with Crippen molar-refractivity contribution in [2.24, 2.45) is 0 Å². The van der Waals surface area contributed by atoms with Crippen LogP contribution < -0.4 is 0 Å². The molecule has 0 aromatic rings. The Bertz CT molecular complexity index is 2250. The first-order valence-electron chi connectivity index (χ1n) is 19.1. The van der Waals surface area contributed by atoms with E-state index in [0.717, 1.165) is 0 Å². The van der Waals surface area contributed by atoms with Crippen molar-refractivity contribution in [3.8, 4) is 0 Å². The molecule has 36 nitrogen and oxygen atoms in total. The predicted molar refractivity (Wildman–Crippen MR) is 344 cm³/mol. The smallest absolute Gasteiger partial charge is 0.792 e. The van der Waals surface area contributed by atoms with Crippen LogP contribution in [0.5, 0.6) is 0 Å². The molecule has 0 radical (unpaired) electrons. The predicted octanol–water partition coefficient (Wildman–Crippen LogP) is -6.96. The maximum absolute atomic E-state index is 9.72. The standard InChI is InChI=1S/12C2H6O3S2.6Pd/c12*3-7(4,5)2-1-6;;;;;;/h12*6H,1-2H2,(H,3,4,5);;;;;;/q;;;;;;;;;;;;6*+2/p-12. The van der Waals surface area contributed by atoms with E-state index < -0.39 is 121 Å². The Labute approximate surface area is 678 Å². The summed E-state index contributed by atoms with van der Waals surface area (Å²) in [5.74, 6) is -3.15. The quantitative estimate of drug-likeness (QED) is 0.0243. The first-order chi connectivity index (χ1) is 36.7. The van der Waals surface area contributed by atoms with Gasteiger partial charge >= 0.3 is 123 Å². The normalized spacial score (nSPS) is 10.9. The van der Waals surface area contributed by atoms with Gasteiger partial charge in [-0.3, -0.25) is 54.6 Å². The molecule has 576 valence electrons. The second-order valence-electron chi connectivity index (χ2n) is 11.9. The fourth-order valence-electron chi connectivity index (χ4n) is 1.26. The van der Waals surface area contributed by atoms with Crippen molar-refractivity contribution in [3.05, 3.63) is 0 Å². The molecule has 0 saturated heterocycles. The summed E-state index contributed by atoms with van der Waals surface area (Å²) in [5.41, 5.74) is 0. The summed E-state index contributed by atoms with van der Waals surface area (Å²) in [4.78, 5) is 0. The first-order valence-corrected chi connectivity index (χ1v) is 45.4. The first kappa shape index (κ1) is 143. The largest absolute Gasteiger partial charge is 2.00 e. The molecule has 0 bridgehead atoms. The van der Waals surface area contributed by atoms with Crippen LogP contribution in [0.1, 0.15) is 0 Å². The summed E-state index contributed by atoms with van der Waals surface area (Å²) in [7, 11) is -45.3. The number of hydrogen-bond acceptors (Lipinski definition) is 36. The Morgan fingerprint density at radius 2 is 0.167 bits per heavy atom. The van der Waals surface area contributed by atoms with Gasteiger partial charge in [-0.25, -0.2) is 0 Å². The SMILES string of the molecule is O=S(=O)(O)CC[S-].O=S(=O)(O)CC[S-].O=S(=O)(O)CC[S-].O=S(=O)(O)CC[S-].O=S(=O)(O)CC[S-].O=S(=O)(O)CC[S-].O=S(=O)(O)CC[S-].O=S(=O)(O)CC[S-].O=S(=O)(O)CC[S-].O=S(=O)(O)CC[S-].O=S(=O)(O)CC[S-].O=S(=O)(O)CC[S-].[Pd+2].[Pd+2].[Pd+2].[Pd+2].[Pd+2].[Pd+2]. The van der Waals surface area contributed by atoms with Gasteiger partial charge in [0.1, 0.15) is 0 Å². The molecule has 90 heavy (non-hydrogen) atoms. The molecule has 66 heteroatoms. The second kappa shape index (κ2) is 81.8. The molecule has 0 aromatic heterocycles. The van der Waals surface area contributed by atoms with E-state index in [1.165, 1.54) is 0 Å². The van der Waals surface area contributed by atoms with Crippen molar-refractivity contribution in [2.45, 2.75) is 0 Å². The molecule has 0 spiro atoms. The molecule has 0 amide bonds. The summed E-state index contributed by atoms with van der Waals surface area (Å²) >= 11 is 51.1. The van der Waals surface area contributed by atoms with Gasteiger partial charge < -0.3 is 152 Å². The Hall–Kier alpha value is 7.09. The zero-order chi connectivity index (χ0) is 71.0. The zero-order valence-corrected chi connectivity index (χ0v) is 72.8. The van der Waals surface area contributed by atoms with Crippen LogP contribution in [0.15, 0.2) is 0 Å². The molecule has 0 unspecified atom stereocenters. The van der Waals surface area contributed by atoms with E-state index in [1.807, 2.05) is 0 Å². The van der Waals surface area contributed by atoms with E-state index >= 15 is 0 Å². The summed E-state index contributed by atoms with van der Waals surface area (Å²) < 4.78 is 328.